The van der Waals surface area contributed by atoms with Gasteiger partial charge in [-0.25, -0.2) is 0 Å². The fraction of sp³-hybridized carbons (Fsp3) is 1.00. The Bertz CT molecular complexity index is 210. The number of unbranched alkanes of at least 4 members (excludes halogenated alkanes) is 1. The lowest BCUT2D eigenvalue weighted by atomic mass is 10.2. The van der Waals surface area contributed by atoms with Crippen LogP contribution in [0.3, 0.4) is 0 Å². The highest BCUT2D eigenvalue weighted by Gasteiger charge is 2.14. The molecule has 1 N–H and O–H groups in total. The fourth-order valence-electron chi connectivity index (χ4n) is 0.950. The van der Waals surface area contributed by atoms with Crippen molar-refractivity contribution in [1.82, 2.24) is 0 Å². The maximum Gasteiger partial charge on any atom is 0.269 e. The second-order valence-electron chi connectivity index (χ2n) is 3.03. The molecule has 0 aromatic carbocycles. The van der Waals surface area contributed by atoms with E-state index in [-0.39, 0.29) is 18.5 Å². The van der Waals surface area contributed by atoms with E-state index in [1.165, 1.54) is 0 Å². The Morgan fingerprint density at radius 1 is 1.46 bits per heavy atom. The molecule has 0 radical (unpaired) electrons. The molecule has 0 aromatic rings. The highest BCUT2D eigenvalue weighted by molar-refractivity contribution is 7.86. The second kappa shape index (κ2) is 6.34. The third kappa shape index (κ3) is 6.98. The van der Waals surface area contributed by atoms with Crippen LogP contribution in [0.15, 0.2) is 0 Å². The van der Waals surface area contributed by atoms with Crippen molar-refractivity contribution >= 4 is 10.1 Å². The van der Waals surface area contributed by atoms with E-state index in [1.54, 1.807) is 6.92 Å². The quantitative estimate of drug-likeness (QED) is 0.634. The normalized spacial score (nSPS) is 14.4. The summed E-state index contributed by atoms with van der Waals surface area (Å²) in [4.78, 5) is 0. The summed E-state index contributed by atoms with van der Waals surface area (Å²) in [6.07, 6.45) is 2.43. The van der Waals surface area contributed by atoms with E-state index < -0.39 is 10.1 Å². The van der Waals surface area contributed by atoms with Gasteiger partial charge in [0.05, 0.1) is 18.5 Å². The molecular formula is C8H18O4S. The Balaban J connectivity index is 3.82. The SMILES string of the molecule is CCCCC(C)OS(=O)(=O)CCO. The molecule has 0 rings (SSSR count). The highest BCUT2D eigenvalue weighted by Crippen LogP contribution is 2.07. The van der Waals surface area contributed by atoms with E-state index in [0.717, 1.165) is 19.3 Å². The summed E-state index contributed by atoms with van der Waals surface area (Å²) in [5, 5.41) is 8.43. The van der Waals surface area contributed by atoms with E-state index >= 15 is 0 Å². The summed E-state index contributed by atoms with van der Waals surface area (Å²) in [7, 11) is -3.51. The summed E-state index contributed by atoms with van der Waals surface area (Å²) in [6, 6.07) is 0. The van der Waals surface area contributed by atoms with Crippen LogP contribution in [0.2, 0.25) is 0 Å². The van der Waals surface area contributed by atoms with Gasteiger partial charge in [-0.15, -0.1) is 0 Å². The summed E-state index contributed by atoms with van der Waals surface area (Å²) in [6.45, 7) is 3.38. The van der Waals surface area contributed by atoms with Gasteiger partial charge in [0.15, 0.2) is 0 Å². The number of rotatable bonds is 7. The average molecular weight is 210 g/mol. The molecule has 0 amide bonds. The van der Waals surface area contributed by atoms with Crippen molar-refractivity contribution in [3.05, 3.63) is 0 Å². The van der Waals surface area contributed by atoms with Gasteiger partial charge in [-0.2, -0.15) is 8.42 Å². The molecule has 0 aliphatic rings. The summed E-state index contributed by atoms with van der Waals surface area (Å²) in [5.74, 6) is -0.316. The van der Waals surface area contributed by atoms with Crippen LogP contribution in [-0.4, -0.2) is 32.0 Å². The Labute approximate surface area is 80.0 Å². The number of hydrogen-bond donors (Lipinski definition) is 1. The molecule has 1 atom stereocenters. The highest BCUT2D eigenvalue weighted by atomic mass is 32.2. The van der Waals surface area contributed by atoms with Crippen molar-refractivity contribution in [3.63, 3.8) is 0 Å². The van der Waals surface area contributed by atoms with Crippen molar-refractivity contribution in [2.45, 2.75) is 39.2 Å². The third-order valence-corrected chi connectivity index (χ3v) is 2.92. The first kappa shape index (κ1) is 12.9. The first-order chi connectivity index (χ1) is 6.02. The zero-order chi connectivity index (χ0) is 10.3. The van der Waals surface area contributed by atoms with E-state index in [0.29, 0.717) is 0 Å². The molecule has 0 spiro atoms. The minimum absolute atomic E-state index is 0.281. The first-order valence-electron chi connectivity index (χ1n) is 4.53. The minimum Gasteiger partial charge on any atom is -0.395 e. The topological polar surface area (TPSA) is 63.6 Å². The zero-order valence-corrected chi connectivity index (χ0v) is 9.01. The van der Waals surface area contributed by atoms with E-state index in [2.05, 4.69) is 0 Å². The molecule has 0 aliphatic heterocycles. The van der Waals surface area contributed by atoms with Crippen LogP contribution in [0.25, 0.3) is 0 Å². The summed E-state index contributed by atoms with van der Waals surface area (Å²) < 4.78 is 26.8. The van der Waals surface area contributed by atoms with Crippen LogP contribution < -0.4 is 0 Å². The molecule has 1 unspecified atom stereocenters. The average Bonchev–Trinajstić information content (AvgIpc) is 1.99. The van der Waals surface area contributed by atoms with Gasteiger partial charge >= 0.3 is 0 Å². The molecule has 0 fully saturated rings. The standard InChI is InChI=1S/C8H18O4S/c1-3-4-5-8(2)12-13(10,11)7-6-9/h8-9H,3-7H2,1-2H3. The lowest BCUT2D eigenvalue weighted by Gasteiger charge is -2.11. The minimum atomic E-state index is -3.51. The smallest absolute Gasteiger partial charge is 0.269 e. The first-order valence-corrected chi connectivity index (χ1v) is 6.11. The predicted molar refractivity (Wildman–Crippen MR) is 50.9 cm³/mol. The molecule has 0 saturated carbocycles. The molecule has 0 aliphatic carbocycles. The van der Waals surface area contributed by atoms with Gasteiger partial charge < -0.3 is 5.11 Å². The van der Waals surface area contributed by atoms with E-state index in [1.807, 2.05) is 6.92 Å². The predicted octanol–water partition coefficient (Wildman–Crippen LogP) is 0.904. The lowest BCUT2D eigenvalue weighted by molar-refractivity contribution is 0.210. The second-order valence-corrected chi connectivity index (χ2v) is 4.75. The van der Waals surface area contributed by atoms with Crippen molar-refractivity contribution in [2.24, 2.45) is 0 Å². The van der Waals surface area contributed by atoms with Gasteiger partial charge in [0.25, 0.3) is 10.1 Å². The van der Waals surface area contributed by atoms with Crippen molar-refractivity contribution < 1.29 is 17.7 Å². The Morgan fingerprint density at radius 3 is 2.54 bits per heavy atom. The molecule has 80 valence electrons. The van der Waals surface area contributed by atoms with Gasteiger partial charge in [-0.05, 0) is 13.3 Å². The monoisotopic (exact) mass is 210 g/mol. The van der Waals surface area contributed by atoms with Crippen molar-refractivity contribution in [1.29, 1.82) is 0 Å². The van der Waals surface area contributed by atoms with Crippen LogP contribution in [0.4, 0.5) is 0 Å². The van der Waals surface area contributed by atoms with Crippen LogP contribution >= 0.6 is 0 Å². The van der Waals surface area contributed by atoms with Gasteiger partial charge in [-0.1, -0.05) is 19.8 Å². The maximum atomic E-state index is 11.0. The number of aliphatic hydroxyl groups is 1. The lowest BCUT2D eigenvalue weighted by Crippen LogP contribution is -2.19. The molecule has 0 aromatic heterocycles. The summed E-state index contributed by atoms with van der Waals surface area (Å²) >= 11 is 0. The van der Waals surface area contributed by atoms with Gasteiger partial charge in [-0.3, -0.25) is 4.18 Å². The largest absolute Gasteiger partial charge is 0.395 e. The zero-order valence-electron chi connectivity index (χ0n) is 8.19. The van der Waals surface area contributed by atoms with Gasteiger partial charge in [0, 0.05) is 0 Å². The van der Waals surface area contributed by atoms with Crippen LogP contribution in [-0.2, 0) is 14.3 Å². The third-order valence-electron chi connectivity index (χ3n) is 1.62. The number of aliphatic hydroxyl groups excluding tert-OH is 1. The summed E-state index contributed by atoms with van der Waals surface area (Å²) in [5.41, 5.74) is 0. The van der Waals surface area contributed by atoms with Crippen molar-refractivity contribution in [2.75, 3.05) is 12.4 Å². The number of hydrogen-bond acceptors (Lipinski definition) is 4. The Morgan fingerprint density at radius 2 is 2.08 bits per heavy atom. The molecule has 0 heterocycles. The van der Waals surface area contributed by atoms with E-state index in [9.17, 15) is 8.42 Å². The maximum absolute atomic E-state index is 11.0. The van der Waals surface area contributed by atoms with Gasteiger partial charge in [0.2, 0.25) is 0 Å². The molecular weight excluding hydrogens is 192 g/mol. The van der Waals surface area contributed by atoms with Crippen molar-refractivity contribution in [3.8, 4) is 0 Å². The Kier molecular flexibility index (Phi) is 6.28. The fourth-order valence-corrected chi connectivity index (χ4v) is 1.87. The molecule has 4 nitrogen and oxygen atoms in total. The molecule has 5 heteroatoms. The van der Waals surface area contributed by atoms with Gasteiger partial charge in [0.1, 0.15) is 0 Å². The molecule has 13 heavy (non-hydrogen) atoms. The molecule has 0 saturated heterocycles. The van der Waals surface area contributed by atoms with Crippen LogP contribution in [0.5, 0.6) is 0 Å². The van der Waals surface area contributed by atoms with E-state index in [4.69, 9.17) is 9.29 Å². The Hall–Kier alpha value is -0.130. The van der Waals surface area contributed by atoms with Crippen LogP contribution in [0, 0.1) is 0 Å². The van der Waals surface area contributed by atoms with Crippen LogP contribution in [0.1, 0.15) is 33.1 Å². The molecule has 0 bridgehead atoms.